The van der Waals surface area contributed by atoms with Gasteiger partial charge in [0.25, 0.3) is 0 Å². The van der Waals surface area contributed by atoms with Gasteiger partial charge in [0, 0.05) is 19.3 Å². The van der Waals surface area contributed by atoms with Crippen LogP contribution < -0.4 is 10.2 Å². The Morgan fingerprint density at radius 3 is 2.55 bits per heavy atom. The van der Waals surface area contributed by atoms with Crippen LogP contribution in [-0.4, -0.2) is 26.8 Å². The van der Waals surface area contributed by atoms with Crippen LogP contribution in [0.2, 0.25) is 0 Å². The molecule has 0 bridgehead atoms. The molecule has 9 nitrogen and oxygen atoms in total. The number of fused-ring (bicyclic) bond motifs is 1. The fraction of sp³-hybridized carbons (Fsp3) is 0.150. The van der Waals surface area contributed by atoms with Crippen molar-refractivity contribution in [1.82, 2.24) is 15.3 Å². The van der Waals surface area contributed by atoms with Crippen LogP contribution in [0.25, 0.3) is 11.0 Å². The standard InChI is InChI=1S/C20H18N6O3/c1-2-25(13-14-8-4-3-5-9-14)16-12-15(22-17-10-6-7-11-21-17)20(26(27)28)19-18(16)23-29-24-19/h3-12H,2,13H2,1H3,(H,21,22). The summed E-state index contributed by atoms with van der Waals surface area (Å²) < 4.78 is 4.87. The summed E-state index contributed by atoms with van der Waals surface area (Å²) >= 11 is 0. The fourth-order valence-electron chi connectivity index (χ4n) is 3.18. The Hall–Kier alpha value is -4.01. The van der Waals surface area contributed by atoms with E-state index in [2.05, 4.69) is 25.5 Å². The van der Waals surface area contributed by atoms with E-state index in [9.17, 15) is 10.1 Å². The molecule has 0 saturated heterocycles. The van der Waals surface area contributed by atoms with Crippen molar-refractivity contribution in [3.63, 3.8) is 0 Å². The first kappa shape index (κ1) is 18.4. The van der Waals surface area contributed by atoms with Crippen LogP contribution in [0.15, 0.2) is 65.4 Å². The van der Waals surface area contributed by atoms with Crippen LogP contribution in [0.3, 0.4) is 0 Å². The Kier molecular flexibility index (Phi) is 5.02. The van der Waals surface area contributed by atoms with E-state index in [1.807, 2.05) is 37.3 Å². The Balaban J connectivity index is 1.84. The summed E-state index contributed by atoms with van der Waals surface area (Å²) in [7, 11) is 0. The van der Waals surface area contributed by atoms with Gasteiger partial charge in [0.1, 0.15) is 11.5 Å². The van der Waals surface area contributed by atoms with E-state index in [0.717, 1.165) is 5.56 Å². The number of nitrogens with one attached hydrogen (secondary N) is 1. The molecule has 2 aromatic carbocycles. The Morgan fingerprint density at radius 1 is 1.10 bits per heavy atom. The van der Waals surface area contributed by atoms with Crippen molar-refractivity contribution in [3.05, 3.63) is 76.5 Å². The molecule has 2 aromatic heterocycles. The molecule has 0 spiro atoms. The molecule has 4 rings (SSSR count). The average Bonchev–Trinajstić information content (AvgIpc) is 3.22. The lowest BCUT2D eigenvalue weighted by Gasteiger charge is -2.24. The number of aromatic nitrogens is 3. The number of nitro groups is 1. The molecule has 0 saturated carbocycles. The molecular formula is C20H18N6O3. The van der Waals surface area contributed by atoms with Crippen molar-refractivity contribution >= 4 is 33.9 Å². The van der Waals surface area contributed by atoms with Crippen molar-refractivity contribution < 1.29 is 9.55 Å². The molecule has 146 valence electrons. The van der Waals surface area contributed by atoms with Crippen LogP contribution in [0.1, 0.15) is 12.5 Å². The molecule has 0 unspecified atom stereocenters. The maximum Gasteiger partial charge on any atom is 0.324 e. The zero-order valence-electron chi connectivity index (χ0n) is 15.6. The van der Waals surface area contributed by atoms with Crippen molar-refractivity contribution in [2.75, 3.05) is 16.8 Å². The lowest BCUT2D eigenvalue weighted by molar-refractivity contribution is -0.382. The monoisotopic (exact) mass is 390 g/mol. The zero-order chi connectivity index (χ0) is 20.2. The van der Waals surface area contributed by atoms with Gasteiger partial charge in [-0.2, -0.15) is 0 Å². The molecule has 1 N–H and O–H groups in total. The van der Waals surface area contributed by atoms with E-state index in [1.165, 1.54) is 0 Å². The molecule has 4 aromatic rings. The molecule has 0 radical (unpaired) electrons. The number of nitrogens with zero attached hydrogens (tertiary/aromatic N) is 5. The van der Waals surface area contributed by atoms with E-state index in [-0.39, 0.29) is 16.9 Å². The average molecular weight is 390 g/mol. The Bertz CT molecular complexity index is 1130. The first-order chi connectivity index (χ1) is 14.2. The lowest BCUT2D eigenvalue weighted by atomic mass is 10.1. The number of nitro benzene ring substituents is 1. The molecule has 0 aliphatic heterocycles. The summed E-state index contributed by atoms with van der Waals surface area (Å²) in [4.78, 5) is 17.6. The molecule has 9 heteroatoms. The van der Waals surface area contributed by atoms with Crippen molar-refractivity contribution in [2.24, 2.45) is 0 Å². The van der Waals surface area contributed by atoms with Gasteiger partial charge in [-0.15, -0.1) is 0 Å². The highest BCUT2D eigenvalue weighted by atomic mass is 16.6. The molecule has 0 amide bonds. The number of anilines is 3. The third-order valence-corrected chi connectivity index (χ3v) is 4.54. The molecule has 0 atom stereocenters. The van der Waals surface area contributed by atoms with E-state index < -0.39 is 4.92 Å². The van der Waals surface area contributed by atoms with Gasteiger partial charge in [-0.25, -0.2) is 9.61 Å². The predicted octanol–water partition coefficient (Wildman–Crippen LogP) is 4.30. The SMILES string of the molecule is CCN(Cc1ccccc1)c1cc(Nc2ccccn2)c([N+](=O)[O-])c2nonc12. The first-order valence-electron chi connectivity index (χ1n) is 9.08. The second-order valence-electron chi connectivity index (χ2n) is 6.35. The number of benzene rings is 2. The van der Waals surface area contributed by atoms with Gasteiger partial charge in [0.15, 0.2) is 5.52 Å². The van der Waals surface area contributed by atoms with Crippen LogP contribution in [0.5, 0.6) is 0 Å². The van der Waals surface area contributed by atoms with E-state index in [0.29, 0.717) is 30.1 Å². The molecule has 0 aliphatic carbocycles. The maximum absolute atomic E-state index is 11.8. The molecule has 0 fully saturated rings. The summed E-state index contributed by atoms with van der Waals surface area (Å²) in [5.41, 5.74) is 2.32. The topological polar surface area (TPSA) is 110 Å². The van der Waals surface area contributed by atoms with Gasteiger partial charge in [0.05, 0.1) is 10.6 Å². The van der Waals surface area contributed by atoms with Crippen LogP contribution in [-0.2, 0) is 6.54 Å². The summed E-state index contributed by atoms with van der Waals surface area (Å²) in [6.45, 7) is 3.29. The van der Waals surface area contributed by atoms with Gasteiger partial charge in [0.2, 0.25) is 5.52 Å². The minimum atomic E-state index is -0.491. The summed E-state index contributed by atoms with van der Waals surface area (Å²) in [6, 6.07) is 17.0. The second kappa shape index (κ2) is 7.93. The largest absolute Gasteiger partial charge is 0.366 e. The number of hydrogen-bond acceptors (Lipinski definition) is 8. The van der Waals surface area contributed by atoms with Gasteiger partial charge < -0.3 is 10.2 Å². The number of rotatable bonds is 7. The quantitative estimate of drug-likeness (QED) is 0.367. The highest BCUT2D eigenvalue weighted by Crippen LogP contribution is 2.39. The molecular weight excluding hydrogens is 372 g/mol. The van der Waals surface area contributed by atoms with Crippen LogP contribution in [0.4, 0.5) is 22.9 Å². The first-order valence-corrected chi connectivity index (χ1v) is 9.08. The normalized spacial score (nSPS) is 10.8. The van der Waals surface area contributed by atoms with E-state index in [4.69, 9.17) is 4.63 Å². The van der Waals surface area contributed by atoms with E-state index >= 15 is 0 Å². The third-order valence-electron chi connectivity index (χ3n) is 4.54. The Morgan fingerprint density at radius 2 is 1.86 bits per heavy atom. The van der Waals surface area contributed by atoms with Gasteiger partial charge in [-0.3, -0.25) is 10.1 Å². The molecule has 2 heterocycles. The summed E-state index contributed by atoms with van der Waals surface area (Å²) in [5, 5.41) is 22.6. The van der Waals surface area contributed by atoms with Crippen molar-refractivity contribution in [3.8, 4) is 0 Å². The zero-order valence-corrected chi connectivity index (χ0v) is 15.6. The fourth-order valence-corrected chi connectivity index (χ4v) is 3.18. The van der Waals surface area contributed by atoms with Gasteiger partial charge >= 0.3 is 5.69 Å². The Labute approximate surface area is 166 Å². The lowest BCUT2D eigenvalue weighted by Crippen LogP contribution is -2.22. The van der Waals surface area contributed by atoms with Crippen molar-refractivity contribution in [1.29, 1.82) is 0 Å². The van der Waals surface area contributed by atoms with Crippen LogP contribution >= 0.6 is 0 Å². The minimum Gasteiger partial charge on any atom is -0.366 e. The number of hydrogen-bond donors (Lipinski definition) is 1. The summed E-state index contributed by atoms with van der Waals surface area (Å²) in [5.74, 6) is 0.489. The smallest absolute Gasteiger partial charge is 0.324 e. The molecule has 29 heavy (non-hydrogen) atoms. The molecule has 0 aliphatic rings. The van der Waals surface area contributed by atoms with Gasteiger partial charge in [-0.05, 0) is 41.0 Å². The highest BCUT2D eigenvalue weighted by Gasteiger charge is 2.28. The van der Waals surface area contributed by atoms with Crippen LogP contribution in [0, 0.1) is 10.1 Å². The minimum absolute atomic E-state index is 0.0949. The van der Waals surface area contributed by atoms with Crippen molar-refractivity contribution in [2.45, 2.75) is 13.5 Å². The predicted molar refractivity (Wildman–Crippen MR) is 109 cm³/mol. The van der Waals surface area contributed by atoms with Gasteiger partial charge in [-0.1, -0.05) is 36.4 Å². The number of pyridine rings is 1. The second-order valence-corrected chi connectivity index (χ2v) is 6.35. The van der Waals surface area contributed by atoms with E-state index in [1.54, 1.807) is 30.5 Å². The highest BCUT2D eigenvalue weighted by molar-refractivity contribution is 6.00. The summed E-state index contributed by atoms with van der Waals surface area (Å²) in [6.07, 6.45) is 1.61. The third kappa shape index (κ3) is 3.70. The maximum atomic E-state index is 11.8.